The first-order chi connectivity index (χ1) is 12.0. The van der Waals surface area contributed by atoms with Crippen LogP contribution in [0.25, 0.3) is 10.9 Å². The Morgan fingerprint density at radius 1 is 1.40 bits per heavy atom. The molecule has 1 amide bonds. The molecule has 1 N–H and O–H groups in total. The largest absolute Gasteiger partial charge is 0.361 e. The number of benzene rings is 1. The molecule has 0 aliphatic carbocycles. The van der Waals surface area contributed by atoms with Crippen LogP contribution in [0.1, 0.15) is 41.6 Å². The Labute approximate surface area is 144 Å². The number of carbonyl (C=O) groups is 1. The summed E-state index contributed by atoms with van der Waals surface area (Å²) in [7, 11) is 0. The average Bonchev–Trinajstić information content (AvgIpc) is 3.27. The third kappa shape index (κ3) is 2.81. The lowest BCUT2D eigenvalue weighted by atomic mass is 10.1. The van der Waals surface area contributed by atoms with Gasteiger partial charge in [-0.1, -0.05) is 5.16 Å². The van der Waals surface area contributed by atoms with E-state index in [1.165, 1.54) is 12.1 Å². The highest BCUT2D eigenvalue weighted by Crippen LogP contribution is 2.33. The summed E-state index contributed by atoms with van der Waals surface area (Å²) in [6.45, 7) is 4.48. The lowest BCUT2D eigenvalue weighted by molar-refractivity contribution is -0.131. The van der Waals surface area contributed by atoms with E-state index < -0.39 is 0 Å². The maximum Gasteiger partial charge on any atom is 0.227 e. The average molecular weight is 341 g/mol. The Balaban J connectivity index is 1.61. The van der Waals surface area contributed by atoms with Gasteiger partial charge in [0, 0.05) is 29.2 Å². The van der Waals surface area contributed by atoms with Crippen LogP contribution in [0.15, 0.2) is 28.8 Å². The number of hydrogen-bond donors (Lipinski definition) is 1. The van der Waals surface area contributed by atoms with Crippen molar-refractivity contribution in [2.45, 2.75) is 39.2 Å². The lowest BCUT2D eigenvalue weighted by Gasteiger charge is -2.23. The number of rotatable bonds is 3. The van der Waals surface area contributed by atoms with Gasteiger partial charge in [0.05, 0.1) is 12.5 Å². The molecule has 5 nitrogen and oxygen atoms in total. The zero-order valence-electron chi connectivity index (χ0n) is 14.3. The van der Waals surface area contributed by atoms with Crippen LogP contribution in [0.5, 0.6) is 0 Å². The number of hydrogen-bond acceptors (Lipinski definition) is 3. The summed E-state index contributed by atoms with van der Waals surface area (Å²) in [6, 6.07) is 6.48. The van der Waals surface area contributed by atoms with Crippen molar-refractivity contribution in [3.8, 4) is 0 Å². The smallest absolute Gasteiger partial charge is 0.227 e. The molecule has 1 aliphatic heterocycles. The van der Waals surface area contributed by atoms with Crippen molar-refractivity contribution in [2.24, 2.45) is 0 Å². The first-order valence-electron chi connectivity index (χ1n) is 8.52. The van der Waals surface area contributed by atoms with E-state index in [-0.39, 0.29) is 24.2 Å². The van der Waals surface area contributed by atoms with E-state index in [0.29, 0.717) is 6.54 Å². The van der Waals surface area contributed by atoms with E-state index in [1.54, 1.807) is 6.07 Å². The number of likely N-dealkylation sites (tertiary alicyclic amines) is 1. The number of aromatic nitrogens is 2. The van der Waals surface area contributed by atoms with Gasteiger partial charge in [0.15, 0.2) is 0 Å². The fourth-order valence-corrected chi connectivity index (χ4v) is 3.75. The minimum atomic E-state index is -0.294. The summed E-state index contributed by atoms with van der Waals surface area (Å²) in [5.41, 5.74) is 3.43. The second kappa shape index (κ2) is 6.02. The predicted molar refractivity (Wildman–Crippen MR) is 91.6 cm³/mol. The van der Waals surface area contributed by atoms with Gasteiger partial charge < -0.3 is 14.4 Å². The molecule has 6 heteroatoms. The third-order valence-corrected chi connectivity index (χ3v) is 4.97. The number of carbonyl (C=O) groups excluding carboxylic acids is 1. The molecule has 0 bridgehead atoms. The topological polar surface area (TPSA) is 62.1 Å². The first-order valence-corrected chi connectivity index (χ1v) is 8.52. The molecule has 0 spiro atoms. The molecular weight excluding hydrogens is 321 g/mol. The molecule has 1 saturated heterocycles. The summed E-state index contributed by atoms with van der Waals surface area (Å²) >= 11 is 0. The van der Waals surface area contributed by atoms with E-state index >= 15 is 0 Å². The van der Waals surface area contributed by atoms with Crippen molar-refractivity contribution in [1.29, 1.82) is 0 Å². The molecule has 1 fully saturated rings. The number of aromatic amines is 1. The van der Waals surface area contributed by atoms with Gasteiger partial charge in [-0.05, 0) is 50.5 Å². The summed E-state index contributed by atoms with van der Waals surface area (Å²) in [5, 5.41) is 4.86. The van der Waals surface area contributed by atoms with Crippen LogP contribution in [-0.2, 0) is 11.2 Å². The predicted octanol–water partition coefficient (Wildman–Crippen LogP) is 3.82. The van der Waals surface area contributed by atoms with E-state index in [9.17, 15) is 9.18 Å². The number of fused-ring (bicyclic) bond motifs is 1. The number of nitrogens with one attached hydrogen (secondary N) is 1. The van der Waals surface area contributed by atoms with Crippen LogP contribution in [0.2, 0.25) is 0 Å². The maximum atomic E-state index is 13.6. The molecule has 1 unspecified atom stereocenters. The Morgan fingerprint density at radius 2 is 2.24 bits per heavy atom. The van der Waals surface area contributed by atoms with Crippen molar-refractivity contribution in [2.75, 3.05) is 6.54 Å². The lowest BCUT2D eigenvalue weighted by Crippen LogP contribution is -2.32. The third-order valence-electron chi connectivity index (χ3n) is 4.97. The van der Waals surface area contributed by atoms with Crippen LogP contribution < -0.4 is 0 Å². The van der Waals surface area contributed by atoms with Gasteiger partial charge in [0.1, 0.15) is 17.3 Å². The number of halogens is 1. The summed E-state index contributed by atoms with van der Waals surface area (Å²) < 4.78 is 18.8. The highest BCUT2D eigenvalue weighted by molar-refractivity contribution is 5.90. The first kappa shape index (κ1) is 15.9. The van der Waals surface area contributed by atoms with Gasteiger partial charge in [-0.25, -0.2) is 4.39 Å². The van der Waals surface area contributed by atoms with Crippen LogP contribution in [0, 0.1) is 19.7 Å². The van der Waals surface area contributed by atoms with Gasteiger partial charge in [0.2, 0.25) is 5.91 Å². The fourth-order valence-electron chi connectivity index (χ4n) is 3.75. The Kier molecular flexibility index (Phi) is 3.82. The van der Waals surface area contributed by atoms with E-state index in [0.717, 1.165) is 46.5 Å². The zero-order valence-corrected chi connectivity index (χ0v) is 14.3. The second-order valence-corrected chi connectivity index (χ2v) is 6.70. The molecule has 25 heavy (non-hydrogen) atoms. The van der Waals surface area contributed by atoms with Gasteiger partial charge in [-0.3, -0.25) is 4.79 Å². The summed E-state index contributed by atoms with van der Waals surface area (Å²) in [5.74, 6) is 0.492. The Bertz CT molecular complexity index is 943. The molecule has 4 rings (SSSR count). The highest BCUT2D eigenvalue weighted by atomic mass is 19.1. The van der Waals surface area contributed by atoms with Gasteiger partial charge in [-0.2, -0.15) is 0 Å². The number of amides is 1. The van der Waals surface area contributed by atoms with Crippen LogP contribution in [-0.4, -0.2) is 27.5 Å². The summed E-state index contributed by atoms with van der Waals surface area (Å²) in [6.07, 6.45) is 2.09. The van der Waals surface area contributed by atoms with Crippen LogP contribution in [0.4, 0.5) is 4.39 Å². The molecule has 1 aliphatic rings. The summed E-state index contributed by atoms with van der Waals surface area (Å²) in [4.78, 5) is 18.0. The van der Waals surface area contributed by atoms with Gasteiger partial charge >= 0.3 is 0 Å². The number of H-pyrrole nitrogens is 1. The highest BCUT2D eigenvalue weighted by Gasteiger charge is 2.32. The van der Waals surface area contributed by atoms with Crippen molar-refractivity contribution in [3.05, 3.63) is 52.8 Å². The monoisotopic (exact) mass is 341 g/mol. The number of nitrogens with zero attached hydrogens (tertiary/aromatic N) is 2. The number of aryl methyl sites for hydroxylation is 2. The molecule has 0 saturated carbocycles. The molecule has 3 heterocycles. The SMILES string of the molecule is Cc1cc(C2CCCN2C(=O)Cc2c(C)[nH]c3ccc(F)cc23)no1. The molecule has 1 aromatic carbocycles. The Morgan fingerprint density at radius 3 is 3.00 bits per heavy atom. The molecule has 0 radical (unpaired) electrons. The Hall–Kier alpha value is -2.63. The molecular formula is C19H20FN3O2. The molecule has 2 aromatic heterocycles. The standard InChI is InChI=1S/C19H20FN3O2/c1-11-8-17(22-25-11)18-4-3-7-23(18)19(24)10-14-12(2)21-16-6-5-13(20)9-15(14)16/h5-6,8-9,18,21H,3-4,7,10H2,1-2H3. The normalized spacial score (nSPS) is 17.6. The fraction of sp³-hybridized carbons (Fsp3) is 0.368. The second-order valence-electron chi connectivity index (χ2n) is 6.70. The van der Waals surface area contributed by atoms with Gasteiger partial charge in [-0.15, -0.1) is 0 Å². The molecule has 1 atom stereocenters. The maximum absolute atomic E-state index is 13.6. The van der Waals surface area contributed by atoms with Crippen molar-refractivity contribution < 1.29 is 13.7 Å². The minimum Gasteiger partial charge on any atom is -0.361 e. The van der Waals surface area contributed by atoms with Crippen LogP contribution >= 0.6 is 0 Å². The van der Waals surface area contributed by atoms with Crippen LogP contribution in [0.3, 0.4) is 0 Å². The minimum absolute atomic E-state index is 0.0350. The zero-order chi connectivity index (χ0) is 17.6. The van der Waals surface area contributed by atoms with E-state index in [4.69, 9.17) is 4.52 Å². The molecule has 130 valence electrons. The van der Waals surface area contributed by atoms with Crippen molar-refractivity contribution >= 4 is 16.8 Å². The molecule has 3 aromatic rings. The quantitative estimate of drug-likeness (QED) is 0.788. The van der Waals surface area contributed by atoms with Crippen molar-refractivity contribution in [1.82, 2.24) is 15.0 Å². The van der Waals surface area contributed by atoms with Crippen molar-refractivity contribution in [3.63, 3.8) is 0 Å². The van der Waals surface area contributed by atoms with E-state index in [1.807, 2.05) is 24.8 Å². The van der Waals surface area contributed by atoms with E-state index in [2.05, 4.69) is 10.1 Å². The van der Waals surface area contributed by atoms with Gasteiger partial charge in [0.25, 0.3) is 0 Å².